The summed E-state index contributed by atoms with van der Waals surface area (Å²) < 4.78 is 10.6. The third-order valence-electron chi connectivity index (χ3n) is 4.74. The summed E-state index contributed by atoms with van der Waals surface area (Å²) in [4.78, 5) is 25.8. The molecule has 0 spiro atoms. The van der Waals surface area contributed by atoms with Gasteiger partial charge in [0.25, 0.3) is 11.8 Å². The molecule has 0 radical (unpaired) electrons. The van der Waals surface area contributed by atoms with Crippen LogP contribution in [0.15, 0.2) is 78.9 Å². The van der Waals surface area contributed by atoms with E-state index in [1.165, 1.54) is 0 Å². The van der Waals surface area contributed by atoms with E-state index in [4.69, 9.17) is 9.47 Å². The number of amides is 2. The number of para-hydroxylation sites is 2. The molecule has 0 aromatic heterocycles. The molecule has 6 heteroatoms. The molecule has 2 N–H and O–H groups in total. The summed E-state index contributed by atoms with van der Waals surface area (Å²) in [6.45, 7) is 2.66. The molecule has 0 bridgehead atoms. The van der Waals surface area contributed by atoms with Crippen molar-refractivity contribution >= 4 is 17.5 Å². The van der Waals surface area contributed by atoms with Gasteiger partial charge >= 0.3 is 0 Å². The molecule has 6 nitrogen and oxygen atoms in total. The molecule has 0 aliphatic rings. The van der Waals surface area contributed by atoms with Crippen LogP contribution in [0, 0.1) is 0 Å². The molecule has 31 heavy (non-hydrogen) atoms. The quantitative estimate of drug-likeness (QED) is 0.503. The van der Waals surface area contributed by atoms with Crippen molar-refractivity contribution in [3.05, 3.63) is 95.6 Å². The summed E-state index contributed by atoms with van der Waals surface area (Å²) in [5, 5.41) is 5.82. The number of nitrogens with one attached hydrogen (secondary N) is 2. The first-order valence-corrected chi connectivity index (χ1v) is 10.1. The number of hydrogen-bond donors (Lipinski definition) is 2. The van der Waals surface area contributed by atoms with E-state index in [9.17, 15) is 9.59 Å². The van der Waals surface area contributed by atoms with E-state index in [-0.39, 0.29) is 17.9 Å². The van der Waals surface area contributed by atoms with Crippen LogP contribution >= 0.6 is 0 Å². The maximum Gasteiger partial charge on any atom is 0.259 e. The zero-order chi connectivity index (χ0) is 22.1. The topological polar surface area (TPSA) is 76.7 Å². The van der Waals surface area contributed by atoms with Crippen molar-refractivity contribution in [2.45, 2.75) is 13.0 Å². The van der Waals surface area contributed by atoms with Crippen LogP contribution < -0.4 is 15.4 Å². The molecular weight excluding hydrogens is 392 g/mol. The molecule has 0 aliphatic heterocycles. The summed E-state index contributed by atoms with van der Waals surface area (Å²) >= 11 is 0. The predicted molar refractivity (Wildman–Crippen MR) is 121 cm³/mol. The Morgan fingerprint density at radius 2 is 1.45 bits per heavy atom. The number of ether oxygens (including phenoxy) is 2. The van der Waals surface area contributed by atoms with Gasteiger partial charge in [0.2, 0.25) is 0 Å². The first-order valence-electron chi connectivity index (χ1n) is 10.1. The smallest absolute Gasteiger partial charge is 0.259 e. The second-order valence-electron chi connectivity index (χ2n) is 6.94. The van der Waals surface area contributed by atoms with Gasteiger partial charge in [-0.1, -0.05) is 54.6 Å². The predicted octanol–water partition coefficient (Wildman–Crippen LogP) is 4.46. The van der Waals surface area contributed by atoms with Crippen LogP contribution in [-0.2, 0) is 4.74 Å². The lowest BCUT2D eigenvalue weighted by atomic mass is 10.1. The number of hydrogen-bond acceptors (Lipinski definition) is 4. The Labute approximate surface area is 182 Å². The van der Waals surface area contributed by atoms with E-state index >= 15 is 0 Å². The Kier molecular flexibility index (Phi) is 7.79. The molecule has 2 amide bonds. The number of anilines is 1. The van der Waals surface area contributed by atoms with E-state index in [1.54, 1.807) is 55.6 Å². The van der Waals surface area contributed by atoms with Crippen LogP contribution in [0.25, 0.3) is 0 Å². The maximum absolute atomic E-state index is 12.9. The number of carbonyl (C=O) groups is 2. The van der Waals surface area contributed by atoms with E-state index in [1.807, 2.05) is 37.3 Å². The zero-order valence-corrected chi connectivity index (χ0v) is 17.6. The van der Waals surface area contributed by atoms with Crippen LogP contribution in [0.2, 0.25) is 0 Å². The fourth-order valence-electron chi connectivity index (χ4n) is 3.09. The van der Waals surface area contributed by atoms with Crippen molar-refractivity contribution in [1.82, 2.24) is 5.32 Å². The summed E-state index contributed by atoms with van der Waals surface area (Å²) in [5.74, 6) is -0.169. The van der Waals surface area contributed by atoms with Crippen LogP contribution in [0.1, 0.15) is 39.2 Å². The lowest BCUT2D eigenvalue weighted by molar-refractivity contribution is 0.0940. The van der Waals surface area contributed by atoms with Crippen molar-refractivity contribution < 1.29 is 19.1 Å². The van der Waals surface area contributed by atoms with Gasteiger partial charge in [0.15, 0.2) is 0 Å². The fraction of sp³-hybridized carbons (Fsp3) is 0.200. The normalized spacial score (nSPS) is 11.4. The van der Waals surface area contributed by atoms with Gasteiger partial charge in [-0.3, -0.25) is 9.59 Å². The SMILES string of the molecule is COCCOc1ccccc1C(=O)Nc1ccccc1C(=O)NC(C)c1ccccc1. The minimum atomic E-state index is -0.357. The standard InChI is InChI=1S/C25H26N2O4/c1-18(19-10-4-3-5-11-19)26-24(28)20-12-6-8-14-22(20)27-25(29)21-13-7-9-15-23(21)31-17-16-30-2/h3-15,18H,16-17H2,1-2H3,(H,26,28)(H,27,29). The average Bonchev–Trinajstić information content (AvgIpc) is 2.80. The molecule has 1 unspecified atom stereocenters. The third-order valence-corrected chi connectivity index (χ3v) is 4.74. The van der Waals surface area contributed by atoms with Crippen LogP contribution in [0.4, 0.5) is 5.69 Å². The highest BCUT2D eigenvalue weighted by molar-refractivity contribution is 6.10. The van der Waals surface area contributed by atoms with Crippen molar-refractivity contribution in [2.75, 3.05) is 25.6 Å². The number of methoxy groups -OCH3 is 1. The highest BCUT2D eigenvalue weighted by atomic mass is 16.5. The van der Waals surface area contributed by atoms with Crippen LogP contribution in [0.5, 0.6) is 5.75 Å². The van der Waals surface area contributed by atoms with Gasteiger partial charge in [0.1, 0.15) is 12.4 Å². The number of benzene rings is 3. The van der Waals surface area contributed by atoms with Crippen molar-refractivity contribution in [1.29, 1.82) is 0 Å². The zero-order valence-electron chi connectivity index (χ0n) is 17.6. The summed E-state index contributed by atoms with van der Waals surface area (Å²) in [6.07, 6.45) is 0. The highest BCUT2D eigenvalue weighted by Gasteiger charge is 2.18. The lowest BCUT2D eigenvalue weighted by Gasteiger charge is -2.17. The molecule has 3 aromatic carbocycles. The molecule has 0 saturated carbocycles. The van der Waals surface area contributed by atoms with Crippen LogP contribution in [0.3, 0.4) is 0 Å². The Morgan fingerprint density at radius 1 is 0.806 bits per heavy atom. The average molecular weight is 418 g/mol. The monoisotopic (exact) mass is 418 g/mol. The van der Waals surface area contributed by atoms with E-state index in [0.29, 0.717) is 35.8 Å². The Balaban J connectivity index is 1.75. The Morgan fingerprint density at radius 3 is 2.19 bits per heavy atom. The number of rotatable bonds is 9. The van der Waals surface area contributed by atoms with Gasteiger partial charge in [-0.15, -0.1) is 0 Å². The first kappa shape index (κ1) is 22.1. The Hall–Kier alpha value is -3.64. The highest BCUT2D eigenvalue weighted by Crippen LogP contribution is 2.22. The van der Waals surface area contributed by atoms with E-state index < -0.39 is 0 Å². The minimum absolute atomic E-state index is 0.174. The van der Waals surface area contributed by atoms with Crippen molar-refractivity contribution in [2.24, 2.45) is 0 Å². The third kappa shape index (κ3) is 5.93. The van der Waals surface area contributed by atoms with Crippen molar-refractivity contribution in [3.8, 4) is 5.75 Å². The number of carbonyl (C=O) groups excluding carboxylic acids is 2. The molecule has 0 saturated heterocycles. The van der Waals surface area contributed by atoms with Gasteiger partial charge in [-0.05, 0) is 36.8 Å². The lowest BCUT2D eigenvalue weighted by Crippen LogP contribution is -2.28. The van der Waals surface area contributed by atoms with Gasteiger partial charge < -0.3 is 20.1 Å². The van der Waals surface area contributed by atoms with Gasteiger partial charge in [0, 0.05) is 7.11 Å². The van der Waals surface area contributed by atoms with E-state index in [2.05, 4.69) is 10.6 Å². The summed E-state index contributed by atoms with van der Waals surface area (Å²) in [6, 6.07) is 23.4. The molecule has 0 fully saturated rings. The summed E-state index contributed by atoms with van der Waals surface area (Å²) in [5.41, 5.74) is 2.19. The maximum atomic E-state index is 12.9. The largest absolute Gasteiger partial charge is 0.490 e. The summed E-state index contributed by atoms with van der Waals surface area (Å²) in [7, 11) is 1.59. The Bertz CT molecular complexity index is 1020. The van der Waals surface area contributed by atoms with Crippen LogP contribution in [-0.4, -0.2) is 32.1 Å². The molecule has 0 heterocycles. The minimum Gasteiger partial charge on any atom is -0.490 e. The van der Waals surface area contributed by atoms with Gasteiger partial charge in [0.05, 0.1) is 29.5 Å². The molecular formula is C25H26N2O4. The molecule has 0 aliphatic carbocycles. The molecule has 3 aromatic rings. The van der Waals surface area contributed by atoms with Gasteiger partial charge in [-0.2, -0.15) is 0 Å². The van der Waals surface area contributed by atoms with E-state index in [0.717, 1.165) is 5.56 Å². The first-order chi connectivity index (χ1) is 15.1. The second kappa shape index (κ2) is 10.9. The molecule has 160 valence electrons. The van der Waals surface area contributed by atoms with Crippen molar-refractivity contribution in [3.63, 3.8) is 0 Å². The second-order valence-corrected chi connectivity index (χ2v) is 6.94. The van der Waals surface area contributed by atoms with Gasteiger partial charge in [-0.25, -0.2) is 0 Å². The molecule has 3 rings (SSSR count). The molecule has 1 atom stereocenters. The fourth-order valence-corrected chi connectivity index (χ4v) is 3.09.